The SMILES string of the molecule is CC(=O)O[Si](C)(OC(C)=O)c1ccc2c(c1)COC(c1ccccc1)(c1ccccc1)O2. The summed E-state index contributed by atoms with van der Waals surface area (Å²) in [7, 11) is -3.28. The van der Waals surface area contributed by atoms with Crippen LogP contribution in [-0.2, 0) is 35.6 Å². The van der Waals surface area contributed by atoms with Gasteiger partial charge >= 0.3 is 8.56 Å². The minimum Gasteiger partial charge on any atom is -0.482 e. The standard InChI is InChI=1S/C25H24O6Si/c1-18(26)30-32(3,31-19(2)27)23-14-15-24-20(16-23)17-28-25(29-24,21-10-6-4-7-11-21)22-12-8-5-9-13-22/h4-16H,17H2,1-3H3. The van der Waals surface area contributed by atoms with Crippen LogP contribution in [0, 0.1) is 0 Å². The van der Waals surface area contributed by atoms with Gasteiger partial charge in [0.2, 0.25) is 0 Å². The molecule has 3 aromatic carbocycles. The lowest BCUT2D eigenvalue weighted by atomic mass is 9.95. The Labute approximate surface area is 187 Å². The van der Waals surface area contributed by atoms with E-state index in [1.807, 2.05) is 72.8 Å². The number of hydrogen-bond donors (Lipinski definition) is 0. The number of ether oxygens (including phenoxy) is 2. The molecule has 1 heterocycles. The molecule has 0 saturated carbocycles. The maximum atomic E-state index is 11.7. The van der Waals surface area contributed by atoms with E-state index in [0.29, 0.717) is 10.9 Å². The van der Waals surface area contributed by atoms with E-state index < -0.39 is 26.3 Å². The fraction of sp³-hybridized carbons (Fsp3) is 0.200. The first-order chi connectivity index (χ1) is 15.3. The lowest BCUT2D eigenvalue weighted by Crippen LogP contribution is -2.53. The molecular formula is C25H24O6Si. The largest absolute Gasteiger partial charge is 0.496 e. The predicted molar refractivity (Wildman–Crippen MR) is 120 cm³/mol. The maximum Gasteiger partial charge on any atom is 0.496 e. The Morgan fingerprint density at radius 1 is 0.844 bits per heavy atom. The zero-order valence-corrected chi connectivity index (χ0v) is 19.2. The second kappa shape index (κ2) is 8.61. The van der Waals surface area contributed by atoms with Crippen LogP contribution in [-0.4, -0.2) is 20.5 Å². The van der Waals surface area contributed by atoms with E-state index >= 15 is 0 Å². The van der Waals surface area contributed by atoms with Crippen LogP contribution >= 0.6 is 0 Å². The van der Waals surface area contributed by atoms with E-state index in [-0.39, 0.29) is 6.61 Å². The molecule has 3 aromatic rings. The van der Waals surface area contributed by atoms with E-state index in [2.05, 4.69) is 0 Å². The minimum absolute atomic E-state index is 0.261. The fourth-order valence-electron chi connectivity index (χ4n) is 3.89. The summed E-state index contributed by atoms with van der Waals surface area (Å²) in [5, 5.41) is 0.640. The molecule has 0 aliphatic carbocycles. The van der Waals surface area contributed by atoms with Crippen LogP contribution in [0.4, 0.5) is 0 Å². The topological polar surface area (TPSA) is 71.1 Å². The monoisotopic (exact) mass is 448 g/mol. The molecule has 0 bridgehead atoms. The normalized spacial score (nSPS) is 14.6. The Morgan fingerprint density at radius 2 is 1.38 bits per heavy atom. The molecule has 1 aliphatic heterocycles. The van der Waals surface area contributed by atoms with E-state index in [4.69, 9.17) is 18.3 Å². The second-order valence-electron chi connectivity index (χ2n) is 7.69. The maximum absolute atomic E-state index is 11.7. The third kappa shape index (κ3) is 4.17. The van der Waals surface area contributed by atoms with Gasteiger partial charge in [0, 0.05) is 42.3 Å². The first-order valence-corrected chi connectivity index (χ1v) is 12.6. The van der Waals surface area contributed by atoms with Crippen molar-refractivity contribution in [3.05, 3.63) is 95.6 Å². The second-order valence-corrected chi connectivity index (χ2v) is 10.6. The summed E-state index contributed by atoms with van der Waals surface area (Å²) in [5.41, 5.74) is 2.53. The molecule has 32 heavy (non-hydrogen) atoms. The van der Waals surface area contributed by atoms with Gasteiger partial charge in [0.05, 0.1) is 6.61 Å². The van der Waals surface area contributed by atoms with Crippen molar-refractivity contribution in [1.29, 1.82) is 0 Å². The summed E-state index contributed by atoms with van der Waals surface area (Å²) in [6.45, 7) is 4.53. The van der Waals surface area contributed by atoms with Crippen molar-refractivity contribution < 1.29 is 27.9 Å². The molecule has 4 rings (SSSR count). The van der Waals surface area contributed by atoms with E-state index in [1.165, 1.54) is 13.8 Å². The molecule has 0 radical (unpaired) electrons. The van der Waals surface area contributed by atoms with E-state index in [9.17, 15) is 9.59 Å². The van der Waals surface area contributed by atoms with Gasteiger partial charge in [-0.2, -0.15) is 0 Å². The lowest BCUT2D eigenvalue weighted by Gasteiger charge is -2.39. The zero-order valence-electron chi connectivity index (χ0n) is 18.2. The molecule has 0 saturated heterocycles. The molecule has 164 valence electrons. The molecule has 1 aliphatic rings. The van der Waals surface area contributed by atoms with Gasteiger partial charge in [0.15, 0.2) is 0 Å². The van der Waals surface area contributed by atoms with Crippen molar-refractivity contribution in [3.8, 4) is 5.75 Å². The van der Waals surface area contributed by atoms with Crippen LogP contribution in [0.15, 0.2) is 78.9 Å². The van der Waals surface area contributed by atoms with Gasteiger partial charge in [0.25, 0.3) is 17.7 Å². The average Bonchev–Trinajstić information content (AvgIpc) is 2.78. The smallest absolute Gasteiger partial charge is 0.482 e. The van der Waals surface area contributed by atoms with Crippen molar-refractivity contribution in [2.45, 2.75) is 32.8 Å². The Morgan fingerprint density at radius 3 is 1.88 bits per heavy atom. The van der Waals surface area contributed by atoms with Crippen molar-refractivity contribution in [1.82, 2.24) is 0 Å². The predicted octanol–water partition coefficient (Wildman–Crippen LogP) is 3.90. The quantitative estimate of drug-likeness (QED) is 0.552. The number of fused-ring (bicyclic) bond motifs is 1. The van der Waals surface area contributed by atoms with E-state index in [1.54, 1.807) is 12.6 Å². The fourth-order valence-corrected chi connectivity index (χ4v) is 6.09. The summed E-state index contributed by atoms with van der Waals surface area (Å²) in [6, 6.07) is 25.0. The molecular weight excluding hydrogens is 424 g/mol. The van der Waals surface area contributed by atoms with Gasteiger partial charge < -0.3 is 18.3 Å². The van der Waals surface area contributed by atoms with Crippen LogP contribution in [0.5, 0.6) is 5.75 Å². The molecule has 0 unspecified atom stereocenters. The van der Waals surface area contributed by atoms with Crippen molar-refractivity contribution in [3.63, 3.8) is 0 Å². The van der Waals surface area contributed by atoms with Crippen LogP contribution in [0.1, 0.15) is 30.5 Å². The summed E-state index contributed by atoms with van der Waals surface area (Å²) in [6.07, 6.45) is 0. The average molecular weight is 449 g/mol. The molecule has 0 fully saturated rings. The number of carbonyl (C=O) groups excluding carboxylic acids is 2. The molecule has 6 nitrogen and oxygen atoms in total. The summed E-state index contributed by atoms with van der Waals surface area (Å²) in [4.78, 5) is 23.3. The zero-order chi connectivity index (χ0) is 22.8. The van der Waals surface area contributed by atoms with Crippen LogP contribution in [0.3, 0.4) is 0 Å². The third-order valence-corrected chi connectivity index (χ3v) is 7.97. The van der Waals surface area contributed by atoms with Crippen LogP contribution in [0.2, 0.25) is 6.55 Å². The first kappa shape index (κ1) is 21.8. The van der Waals surface area contributed by atoms with Crippen LogP contribution in [0.25, 0.3) is 0 Å². The molecule has 7 heteroatoms. The highest BCUT2D eigenvalue weighted by Gasteiger charge is 2.44. The van der Waals surface area contributed by atoms with Gasteiger partial charge in [-0.05, 0) is 12.1 Å². The van der Waals surface area contributed by atoms with Crippen molar-refractivity contribution in [2.24, 2.45) is 0 Å². The van der Waals surface area contributed by atoms with E-state index in [0.717, 1.165) is 16.7 Å². The van der Waals surface area contributed by atoms with Gasteiger partial charge in [-0.25, -0.2) is 0 Å². The summed E-state index contributed by atoms with van der Waals surface area (Å²) < 4.78 is 23.8. The molecule has 0 amide bonds. The third-order valence-electron chi connectivity index (χ3n) is 5.25. The molecule has 0 N–H and O–H groups in total. The number of hydrogen-bond acceptors (Lipinski definition) is 6. The number of carbonyl (C=O) groups is 2. The Bertz CT molecular complexity index is 1070. The van der Waals surface area contributed by atoms with Crippen LogP contribution < -0.4 is 9.92 Å². The molecule has 0 spiro atoms. The highest BCUT2D eigenvalue weighted by atomic mass is 28.4. The van der Waals surface area contributed by atoms with Gasteiger partial charge in [-0.3, -0.25) is 9.59 Å². The Hall–Kier alpha value is -3.42. The highest BCUT2D eigenvalue weighted by Crippen LogP contribution is 2.42. The summed E-state index contributed by atoms with van der Waals surface area (Å²) in [5.74, 6) is -1.45. The molecule has 0 atom stereocenters. The first-order valence-electron chi connectivity index (χ1n) is 10.3. The van der Waals surface area contributed by atoms with Crippen molar-refractivity contribution >= 4 is 25.7 Å². The van der Waals surface area contributed by atoms with Gasteiger partial charge in [0.1, 0.15) is 5.75 Å². The Balaban J connectivity index is 1.75. The minimum atomic E-state index is -3.28. The summed E-state index contributed by atoms with van der Waals surface area (Å²) >= 11 is 0. The Kier molecular flexibility index (Phi) is 5.86. The van der Waals surface area contributed by atoms with Gasteiger partial charge in [-0.1, -0.05) is 66.7 Å². The van der Waals surface area contributed by atoms with Crippen molar-refractivity contribution in [2.75, 3.05) is 0 Å². The number of benzene rings is 3. The number of rotatable bonds is 5. The lowest BCUT2D eigenvalue weighted by molar-refractivity contribution is -0.184. The molecule has 0 aromatic heterocycles. The highest BCUT2D eigenvalue weighted by molar-refractivity contribution is 6.82. The van der Waals surface area contributed by atoms with Gasteiger partial charge in [-0.15, -0.1) is 0 Å².